The number of carbonyl (C=O) groups excluding carboxylic acids is 2. The van der Waals surface area contributed by atoms with Gasteiger partial charge in [0.1, 0.15) is 0 Å². The molecule has 0 bridgehead atoms. The van der Waals surface area contributed by atoms with E-state index in [1.165, 1.54) is 20.1 Å². The Morgan fingerprint density at radius 2 is 1.80 bits per heavy atom. The van der Waals surface area contributed by atoms with E-state index >= 15 is 0 Å². The first-order chi connectivity index (χ1) is 14.4. The van der Waals surface area contributed by atoms with Gasteiger partial charge in [0.2, 0.25) is 11.8 Å². The number of ether oxygens (including phenoxy) is 1. The van der Waals surface area contributed by atoms with Crippen LogP contribution in [0.5, 0.6) is 5.75 Å². The normalized spacial score (nSPS) is 14.7. The molecule has 1 N–H and O–H groups in total. The number of piperazine rings is 1. The van der Waals surface area contributed by atoms with Gasteiger partial charge < -0.3 is 15.0 Å². The molecule has 0 unspecified atom stereocenters. The minimum atomic E-state index is -0.362. The molecule has 7 heteroatoms. The zero-order chi connectivity index (χ0) is 21.5. The number of hydrogen-bond donors (Lipinski definition) is 1. The first-order valence-electron chi connectivity index (χ1n) is 9.84. The van der Waals surface area contributed by atoms with Crippen LogP contribution in [-0.4, -0.2) is 54.9 Å². The molecule has 2 amide bonds. The Labute approximate surface area is 175 Å². The first kappa shape index (κ1) is 21.5. The molecular formula is C23H26FN3O3. The van der Waals surface area contributed by atoms with E-state index in [1.807, 2.05) is 23.1 Å². The molecule has 1 saturated heterocycles. The van der Waals surface area contributed by atoms with Crippen molar-refractivity contribution < 1.29 is 18.7 Å². The maximum absolute atomic E-state index is 13.9. The third-order valence-corrected chi connectivity index (χ3v) is 4.96. The van der Waals surface area contributed by atoms with Gasteiger partial charge in [-0.15, -0.1) is 0 Å². The molecule has 1 aliphatic rings. The number of anilines is 1. The van der Waals surface area contributed by atoms with Crippen LogP contribution in [0.3, 0.4) is 0 Å². The molecular weight excluding hydrogens is 385 g/mol. The highest BCUT2D eigenvalue weighted by molar-refractivity contribution is 5.92. The Kier molecular flexibility index (Phi) is 7.19. The lowest BCUT2D eigenvalue weighted by Crippen LogP contribution is -2.47. The second-order valence-electron chi connectivity index (χ2n) is 7.21. The molecule has 0 spiro atoms. The molecule has 1 heterocycles. The summed E-state index contributed by atoms with van der Waals surface area (Å²) >= 11 is 0. The predicted octanol–water partition coefficient (Wildman–Crippen LogP) is 3.15. The minimum absolute atomic E-state index is 0.0314. The third kappa shape index (κ3) is 5.90. The lowest BCUT2D eigenvalue weighted by atomic mass is 10.1. The lowest BCUT2D eigenvalue weighted by molar-refractivity contribution is -0.127. The molecule has 3 rings (SSSR count). The van der Waals surface area contributed by atoms with Gasteiger partial charge in [-0.05, 0) is 41.5 Å². The highest BCUT2D eigenvalue weighted by Crippen LogP contribution is 2.19. The summed E-state index contributed by atoms with van der Waals surface area (Å²) in [5.41, 5.74) is 2.49. The van der Waals surface area contributed by atoms with E-state index in [1.54, 1.807) is 30.4 Å². The van der Waals surface area contributed by atoms with Gasteiger partial charge in [0.15, 0.2) is 11.6 Å². The van der Waals surface area contributed by atoms with Crippen LogP contribution in [0.15, 0.2) is 48.5 Å². The predicted molar refractivity (Wildman–Crippen MR) is 115 cm³/mol. The highest BCUT2D eigenvalue weighted by Gasteiger charge is 2.20. The summed E-state index contributed by atoms with van der Waals surface area (Å²) in [6.45, 7) is 4.82. The summed E-state index contributed by atoms with van der Waals surface area (Å²) in [5.74, 6) is -0.273. The van der Waals surface area contributed by atoms with Crippen LogP contribution >= 0.6 is 0 Å². The summed E-state index contributed by atoms with van der Waals surface area (Å²) in [6, 6.07) is 12.3. The number of benzene rings is 2. The van der Waals surface area contributed by atoms with Crippen LogP contribution in [0.25, 0.3) is 6.08 Å². The number of methoxy groups -OCH3 is 1. The Balaban J connectivity index is 1.48. The fraction of sp³-hybridized carbons (Fsp3) is 0.304. The Bertz CT molecular complexity index is 920. The van der Waals surface area contributed by atoms with E-state index in [0.29, 0.717) is 19.6 Å². The van der Waals surface area contributed by atoms with Gasteiger partial charge in [-0.25, -0.2) is 4.39 Å². The molecule has 2 aromatic carbocycles. The minimum Gasteiger partial charge on any atom is -0.494 e. The van der Waals surface area contributed by atoms with Gasteiger partial charge in [-0.1, -0.05) is 18.2 Å². The number of hydrogen-bond acceptors (Lipinski definition) is 4. The quantitative estimate of drug-likeness (QED) is 0.742. The van der Waals surface area contributed by atoms with Crippen molar-refractivity contribution in [1.82, 2.24) is 9.80 Å². The average Bonchev–Trinajstić information content (AvgIpc) is 2.73. The molecule has 1 aliphatic heterocycles. The van der Waals surface area contributed by atoms with E-state index in [0.717, 1.165) is 29.9 Å². The lowest BCUT2D eigenvalue weighted by Gasteiger charge is -2.34. The molecule has 0 aromatic heterocycles. The van der Waals surface area contributed by atoms with Crippen molar-refractivity contribution in [2.24, 2.45) is 0 Å². The topological polar surface area (TPSA) is 61.9 Å². The van der Waals surface area contributed by atoms with Crippen LogP contribution < -0.4 is 10.1 Å². The van der Waals surface area contributed by atoms with Crippen molar-refractivity contribution in [1.29, 1.82) is 0 Å². The molecule has 0 saturated carbocycles. The van der Waals surface area contributed by atoms with Crippen LogP contribution in [0.1, 0.15) is 18.1 Å². The standard InChI is InChI=1S/C23H26FN3O3/c1-17(28)25-20-7-3-18(4-8-20)6-10-23(29)27-13-11-26(12-14-27)16-19-5-9-22(30-2)21(24)15-19/h3-10,15H,11-14,16H2,1-2H3,(H,25,28)/b10-6+. The number of rotatable bonds is 6. The van der Waals surface area contributed by atoms with Gasteiger partial charge in [0, 0.05) is 51.4 Å². The number of amides is 2. The van der Waals surface area contributed by atoms with Crippen LogP contribution in [0.2, 0.25) is 0 Å². The van der Waals surface area contributed by atoms with E-state index in [9.17, 15) is 14.0 Å². The van der Waals surface area contributed by atoms with Crippen molar-refractivity contribution in [3.63, 3.8) is 0 Å². The number of carbonyl (C=O) groups is 2. The van der Waals surface area contributed by atoms with E-state index in [2.05, 4.69) is 10.2 Å². The second kappa shape index (κ2) is 10.0. The SMILES string of the molecule is COc1ccc(CN2CCN(C(=O)/C=C/c3ccc(NC(C)=O)cc3)CC2)cc1F. The number of nitrogens with one attached hydrogen (secondary N) is 1. The van der Waals surface area contributed by atoms with Gasteiger partial charge >= 0.3 is 0 Å². The van der Waals surface area contributed by atoms with Crippen molar-refractivity contribution >= 4 is 23.6 Å². The fourth-order valence-electron chi connectivity index (χ4n) is 3.35. The molecule has 0 aliphatic carbocycles. The van der Waals surface area contributed by atoms with Crippen molar-refractivity contribution in [2.75, 3.05) is 38.6 Å². The zero-order valence-electron chi connectivity index (χ0n) is 17.2. The number of halogens is 1. The third-order valence-electron chi connectivity index (χ3n) is 4.96. The summed E-state index contributed by atoms with van der Waals surface area (Å²) in [5, 5.41) is 2.71. The van der Waals surface area contributed by atoms with Crippen molar-refractivity contribution in [3.05, 3.63) is 65.5 Å². The number of nitrogens with zero attached hydrogens (tertiary/aromatic N) is 2. The van der Waals surface area contributed by atoms with Gasteiger partial charge in [-0.2, -0.15) is 0 Å². The molecule has 0 radical (unpaired) electrons. The fourth-order valence-corrected chi connectivity index (χ4v) is 3.35. The van der Waals surface area contributed by atoms with E-state index < -0.39 is 0 Å². The maximum atomic E-state index is 13.9. The summed E-state index contributed by atoms with van der Waals surface area (Å²) in [7, 11) is 1.45. The molecule has 6 nitrogen and oxygen atoms in total. The molecule has 30 heavy (non-hydrogen) atoms. The Hall–Kier alpha value is -3.19. The molecule has 1 fully saturated rings. The summed E-state index contributed by atoms with van der Waals surface area (Å²) in [4.78, 5) is 27.5. The smallest absolute Gasteiger partial charge is 0.246 e. The van der Waals surface area contributed by atoms with Gasteiger partial charge in [0.25, 0.3) is 0 Å². The van der Waals surface area contributed by atoms with E-state index in [4.69, 9.17) is 4.74 Å². The van der Waals surface area contributed by atoms with Crippen LogP contribution in [-0.2, 0) is 16.1 Å². The van der Waals surface area contributed by atoms with Gasteiger partial charge in [0.05, 0.1) is 7.11 Å². The Morgan fingerprint density at radius 1 is 1.10 bits per heavy atom. The monoisotopic (exact) mass is 411 g/mol. The first-order valence-corrected chi connectivity index (χ1v) is 9.84. The average molecular weight is 411 g/mol. The molecule has 0 atom stereocenters. The highest BCUT2D eigenvalue weighted by atomic mass is 19.1. The van der Waals surface area contributed by atoms with Crippen LogP contribution in [0.4, 0.5) is 10.1 Å². The van der Waals surface area contributed by atoms with Crippen molar-refractivity contribution in [3.8, 4) is 5.75 Å². The van der Waals surface area contributed by atoms with Crippen molar-refractivity contribution in [2.45, 2.75) is 13.5 Å². The largest absolute Gasteiger partial charge is 0.494 e. The molecule has 158 valence electrons. The van der Waals surface area contributed by atoms with Crippen LogP contribution in [0, 0.1) is 5.82 Å². The Morgan fingerprint density at radius 3 is 2.40 bits per heavy atom. The maximum Gasteiger partial charge on any atom is 0.246 e. The zero-order valence-corrected chi connectivity index (χ0v) is 17.2. The van der Waals surface area contributed by atoms with Gasteiger partial charge in [-0.3, -0.25) is 14.5 Å². The molecule has 2 aromatic rings. The summed E-state index contributed by atoms with van der Waals surface area (Å²) < 4.78 is 18.8. The van der Waals surface area contributed by atoms with E-state index in [-0.39, 0.29) is 23.4 Å². The second-order valence-corrected chi connectivity index (χ2v) is 7.21. The summed E-state index contributed by atoms with van der Waals surface area (Å²) in [6.07, 6.45) is 3.34.